The number of amides is 1. The average Bonchev–Trinajstić information content (AvgIpc) is 3.49. The molecule has 0 saturated carbocycles. The molecular formula is C36H29ClN2O4. The molecule has 0 radical (unpaired) electrons. The van der Waals surface area contributed by atoms with Crippen LogP contribution in [-0.4, -0.2) is 36.7 Å². The van der Waals surface area contributed by atoms with Gasteiger partial charge in [0.1, 0.15) is 17.2 Å². The highest BCUT2D eigenvalue weighted by atomic mass is 35.5. The summed E-state index contributed by atoms with van der Waals surface area (Å²) < 4.78 is 5.45. The highest BCUT2D eigenvalue weighted by Gasteiger charge is 2.70. The van der Waals surface area contributed by atoms with Crippen molar-refractivity contribution in [2.24, 2.45) is 5.92 Å². The number of hydrogen-bond acceptors (Lipinski definition) is 5. The number of ketones is 2. The molecule has 1 saturated heterocycles. The molecule has 3 aliphatic rings. The van der Waals surface area contributed by atoms with E-state index in [1.54, 1.807) is 55.6 Å². The van der Waals surface area contributed by atoms with Gasteiger partial charge in [0, 0.05) is 33.1 Å². The lowest BCUT2D eigenvalue weighted by Gasteiger charge is -2.39. The fourth-order valence-electron chi connectivity index (χ4n) is 7.29. The van der Waals surface area contributed by atoms with E-state index in [4.69, 9.17) is 16.3 Å². The number of carbonyl (C=O) groups excluding carboxylic acids is 3. The van der Waals surface area contributed by atoms with E-state index in [-0.39, 0.29) is 17.5 Å². The number of nitrogens with one attached hydrogen (secondary N) is 1. The van der Waals surface area contributed by atoms with E-state index in [0.717, 1.165) is 22.4 Å². The van der Waals surface area contributed by atoms with Gasteiger partial charge in [-0.25, -0.2) is 0 Å². The number of Topliss-reactive ketones (excluding diaryl/α,β-unsaturated/α-hetero) is 2. The van der Waals surface area contributed by atoms with E-state index >= 15 is 0 Å². The van der Waals surface area contributed by atoms with Gasteiger partial charge in [0.05, 0.1) is 19.1 Å². The first-order valence-corrected chi connectivity index (χ1v) is 14.6. The number of ether oxygens (including phenoxy) is 1. The number of aryl methyl sites for hydroxylation is 1. The molecule has 7 rings (SSSR count). The van der Waals surface area contributed by atoms with Crippen LogP contribution < -0.4 is 15.0 Å². The molecule has 1 fully saturated rings. The molecule has 7 heteroatoms. The first-order chi connectivity index (χ1) is 20.7. The summed E-state index contributed by atoms with van der Waals surface area (Å²) in [6, 6.07) is 25.6. The zero-order valence-corrected chi connectivity index (χ0v) is 24.7. The Balaban J connectivity index is 1.55. The molecule has 43 heavy (non-hydrogen) atoms. The van der Waals surface area contributed by atoms with Crippen molar-refractivity contribution in [1.82, 2.24) is 0 Å². The van der Waals surface area contributed by atoms with Crippen LogP contribution in [0.15, 0.2) is 97.1 Å². The van der Waals surface area contributed by atoms with Gasteiger partial charge in [-0.1, -0.05) is 59.6 Å². The zero-order valence-electron chi connectivity index (χ0n) is 23.9. The quantitative estimate of drug-likeness (QED) is 0.257. The van der Waals surface area contributed by atoms with Crippen LogP contribution in [0.3, 0.4) is 0 Å². The monoisotopic (exact) mass is 588 g/mol. The first-order valence-electron chi connectivity index (χ1n) is 14.2. The second kappa shape index (κ2) is 9.96. The highest BCUT2D eigenvalue weighted by molar-refractivity contribution is 6.30. The van der Waals surface area contributed by atoms with E-state index in [1.807, 2.05) is 55.1 Å². The number of allylic oxidation sites excluding steroid dienone is 1. The Morgan fingerprint density at radius 1 is 0.884 bits per heavy atom. The van der Waals surface area contributed by atoms with Gasteiger partial charge in [0.2, 0.25) is 5.91 Å². The lowest BCUT2D eigenvalue weighted by atomic mass is 9.64. The minimum atomic E-state index is -1.38. The molecule has 1 spiro atoms. The summed E-state index contributed by atoms with van der Waals surface area (Å²) in [5.74, 6) is -1.37. The molecule has 0 bridgehead atoms. The van der Waals surface area contributed by atoms with Crippen LogP contribution in [0, 0.1) is 12.8 Å². The number of hydrogen-bond donors (Lipinski definition) is 1. The Kier molecular flexibility index (Phi) is 6.29. The average molecular weight is 589 g/mol. The first kappa shape index (κ1) is 27.2. The van der Waals surface area contributed by atoms with Crippen LogP contribution in [0.4, 0.5) is 11.4 Å². The van der Waals surface area contributed by atoms with Crippen LogP contribution in [0.25, 0.3) is 5.57 Å². The summed E-state index contributed by atoms with van der Waals surface area (Å²) in [5, 5.41) is 3.57. The maximum atomic E-state index is 14.9. The second-order valence-corrected chi connectivity index (χ2v) is 11.9. The summed E-state index contributed by atoms with van der Waals surface area (Å²) in [4.78, 5) is 46.3. The van der Waals surface area contributed by atoms with Gasteiger partial charge in [-0.3, -0.25) is 14.4 Å². The molecule has 4 atom stereocenters. The molecule has 1 N–H and O–H groups in total. The van der Waals surface area contributed by atoms with Crippen molar-refractivity contribution >= 4 is 46.0 Å². The maximum Gasteiger partial charge on any atom is 0.238 e. The van der Waals surface area contributed by atoms with Gasteiger partial charge in [0.25, 0.3) is 0 Å². The summed E-state index contributed by atoms with van der Waals surface area (Å²) in [7, 11) is 1.55. The van der Waals surface area contributed by atoms with Gasteiger partial charge in [-0.05, 0) is 79.6 Å². The van der Waals surface area contributed by atoms with Gasteiger partial charge in [-0.2, -0.15) is 0 Å². The van der Waals surface area contributed by atoms with E-state index in [1.165, 1.54) is 0 Å². The van der Waals surface area contributed by atoms with Crippen molar-refractivity contribution in [3.63, 3.8) is 0 Å². The van der Waals surface area contributed by atoms with Crippen LogP contribution in [0.5, 0.6) is 5.75 Å². The van der Waals surface area contributed by atoms with Gasteiger partial charge < -0.3 is 15.0 Å². The van der Waals surface area contributed by atoms with Crippen LogP contribution in [0.2, 0.25) is 5.02 Å². The maximum absolute atomic E-state index is 14.9. The third-order valence-electron chi connectivity index (χ3n) is 9.17. The Morgan fingerprint density at radius 2 is 1.65 bits per heavy atom. The Labute approximate surface area is 254 Å². The van der Waals surface area contributed by atoms with E-state index in [9.17, 15) is 14.4 Å². The Morgan fingerprint density at radius 3 is 2.42 bits per heavy atom. The van der Waals surface area contributed by atoms with Crippen molar-refractivity contribution in [2.75, 3.05) is 17.3 Å². The van der Waals surface area contributed by atoms with Crippen molar-refractivity contribution in [2.45, 2.75) is 31.3 Å². The largest absolute Gasteiger partial charge is 0.497 e. The number of halogens is 1. The smallest absolute Gasteiger partial charge is 0.238 e. The standard InChI is InChI=1S/C36H29ClN2O4/c1-20-11-16-29-26(17-20)21(2)18-30-36(27-9-4-5-10-28(27)38-35(36)42)31(33(40)22-12-14-24(37)15-13-22)32(39(29)30)34(41)23-7-6-8-25(19-23)43-3/h4-19,30-32H,1-3H3,(H,38,42)/t30-,31+,32-,36-/m0/s1. The molecule has 0 aromatic heterocycles. The van der Waals surface area contributed by atoms with Crippen LogP contribution in [0.1, 0.15) is 44.3 Å². The molecule has 0 aliphatic carbocycles. The summed E-state index contributed by atoms with van der Waals surface area (Å²) in [6.07, 6.45) is 2.06. The summed E-state index contributed by atoms with van der Waals surface area (Å²) >= 11 is 6.20. The molecule has 214 valence electrons. The minimum Gasteiger partial charge on any atom is -0.497 e. The number of anilines is 2. The molecule has 3 aliphatic heterocycles. The molecule has 4 aromatic carbocycles. The van der Waals surface area contributed by atoms with Crippen molar-refractivity contribution in [1.29, 1.82) is 0 Å². The van der Waals surface area contributed by atoms with Gasteiger partial charge in [0.15, 0.2) is 11.6 Å². The number of para-hydroxylation sites is 1. The van der Waals surface area contributed by atoms with Crippen molar-refractivity contribution < 1.29 is 19.1 Å². The number of carbonyl (C=O) groups is 3. The molecular weight excluding hydrogens is 560 g/mol. The number of fused-ring (bicyclic) bond motifs is 6. The Bertz CT molecular complexity index is 1860. The van der Waals surface area contributed by atoms with E-state index in [0.29, 0.717) is 33.1 Å². The third kappa shape index (κ3) is 3.90. The number of methoxy groups -OCH3 is 1. The van der Waals surface area contributed by atoms with Gasteiger partial charge >= 0.3 is 0 Å². The molecule has 0 unspecified atom stereocenters. The topological polar surface area (TPSA) is 75.7 Å². The molecule has 4 aromatic rings. The third-order valence-corrected chi connectivity index (χ3v) is 9.42. The van der Waals surface area contributed by atoms with Gasteiger partial charge in [-0.15, -0.1) is 0 Å². The molecule has 3 heterocycles. The molecule has 1 amide bonds. The highest BCUT2D eigenvalue weighted by Crippen LogP contribution is 2.59. The van der Waals surface area contributed by atoms with E-state index < -0.39 is 23.4 Å². The minimum absolute atomic E-state index is 0.259. The summed E-state index contributed by atoms with van der Waals surface area (Å²) in [6.45, 7) is 4.05. The summed E-state index contributed by atoms with van der Waals surface area (Å²) in [5.41, 5.74) is 4.63. The van der Waals surface area contributed by atoms with Crippen molar-refractivity contribution in [3.05, 3.63) is 130 Å². The second-order valence-electron chi connectivity index (χ2n) is 11.5. The SMILES string of the molecule is COc1cccc(C(=O)[C@@H]2[C@H](C(=O)c3ccc(Cl)cc3)[C@@]3(C(=O)Nc4ccccc43)[C@@H]3C=C(C)c4cc(C)ccc4N23)c1. The van der Waals surface area contributed by atoms with Crippen LogP contribution in [-0.2, 0) is 10.2 Å². The predicted octanol–water partition coefficient (Wildman–Crippen LogP) is 6.90. The van der Waals surface area contributed by atoms with Crippen molar-refractivity contribution in [3.8, 4) is 5.75 Å². The Hall–Kier alpha value is -4.68. The lowest BCUT2D eigenvalue weighted by Crippen LogP contribution is -2.51. The number of nitrogens with zero attached hydrogens (tertiary/aromatic N) is 1. The zero-order chi connectivity index (χ0) is 30.0. The molecule has 6 nitrogen and oxygen atoms in total. The lowest BCUT2D eigenvalue weighted by molar-refractivity contribution is -0.121. The fraction of sp³-hybridized carbons (Fsp3) is 0.194. The predicted molar refractivity (Wildman–Crippen MR) is 168 cm³/mol. The number of benzene rings is 4. The van der Waals surface area contributed by atoms with E-state index in [2.05, 4.69) is 17.5 Å². The fourth-order valence-corrected chi connectivity index (χ4v) is 7.41. The normalized spacial score (nSPS) is 23.3. The number of rotatable bonds is 5. The van der Waals surface area contributed by atoms with Crippen LogP contribution >= 0.6 is 11.6 Å².